The van der Waals surface area contributed by atoms with Crippen LogP contribution in [0.15, 0.2) is 78.9 Å². The van der Waals surface area contributed by atoms with Crippen LogP contribution in [-0.2, 0) is 29.0 Å². The summed E-state index contributed by atoms with van der Waals surface area (Å²) in [6.45, 7) is 5.34. The van der Waals surface area contributed by atoms with E-state index in [-0.39, 0.29) is 18.5 Å². The Morgan fingerprint density at radius 3 is 2.25 bits per heavy atom. The first-order chi connectivity index (χ1) is 17.6. The maximum absolute atomic E-state index is 13.6. The highest BCUT2D eigenvalue weighted by atomic mass is 16.5. The number of hydrogen-bond acceptors (Lipinski definition) is 3. The van der Waals surface area contributed by atoms with Crippen LogP contribution in [-0.4, -0.2) is 36.5 Å². The topological polar surface area (TPSA) is 58.6 Å². The molecule has 190 valence electrons. The zero-order valence-corrected chi connectivity index (χ0v) is 21.5. The molecule has 0 saturated carbocycles. The highest BCUT2D eigenvalue weighted by Gasteiger charge is 2.19. The fourth-order valence-electron chi connectivity index (χ4n) is 4.09. The smallest absolute Gasteiger partial charge is 0.255 e. The van der Waals surface area contributed by atoms with Crippen LogP contribution < -0.4 is 5.32 Å². The molecule has 0 bridgehead atoms. The predicted octanol–water partition coefficient (Wildman–Crippen LogP) is 5.76. The van der Waals surface area contributed by atoms with Gasteiger partial charge in [-0.15, -0.1) is 0 Å². The standard InChI is InChI=1S/C31H38N2O3/c1-3-4-11-26-16-18-28(19-17-26)23-36-24-33(21-10-20-32-25(2)34)31(35)30-15-9-8-14-29(30)22-27-12-6-5-7-13-27/h5-9,12-19H,3-4,10-11,20-24H2,1-2H3,(H,32,34). The van der Waals surface area contributed by atoms with E-state index >= 15 is 0 Å². The molecule has 0 atom stereocenters. The first-order valence-corrected chi connectivity index (χ1v) is 12.9. The molecule has 2 amide bonds. The quantitative estimate of drug-likeness (QED) is 0.233. The Labute approximate surface area is 215 Å². The second-order valence-corrected chi connectivity index (χ2v) is 9.12. The lowest BCUT2D eigenvalue weighted by atomic mass is 9.99. The Bertz CT molecular complexity index is 1080. The highest BCUT2D eigenvalue weighted by Crippen LogP contribution is 2.17. The average Bonchev–Trinajstić information content (AvgIpc) is 2.90. The molecular weight excluding hydrogens is 448 g/mol. The average molecular weight is 487 g/mol. The van der Waals surface area contributed by atoms with Crippen molar-refractivity contribution in [1.29, 1.82) is 0 Å². The van der Waals surface area contributed by atoms with E-state index in [2.05, 4.69) is 48.6 Å². The summed E-state index contributed by atoms with van der Waals surface area (Å²) >= 11 is 0. The Morgan fingerprint density at radius 2 is 1.53 bits per heavy atom. The van der Waals surface area contributed by atoms with Gasteiger partial charge in [0.2, 0.25) is 5.91 Å². The lowest BCUT2D eigenvalue weighted by molar-refractivity contribution is -0.118. The van der Waals surface area contributed by atoms with Gasteiger partial charge in [0.15, 0.2) is 0 Å². The van der Waals surface area contributed by atoms with Gasteiger partial charge in [-0.3, -0.25) is 9.59 Å². The summed E-state index contributed by atoms with van der Waals surface area (Å²) in [6.07, 6.45) is 4.81. The highest BCUT2D eigenvalue weighted by molar-refractivity contribution is 5.95. The van der Waals surface area contributed by atoms with Crippen molar-refractivity contribution < 1.29 is 14.3 Å². The summed E-state index contributed by atoms with van der Waals surface area (Å²) in [5, 5.41) is 2.81. The molecule has 0 aromatic heterocycles. The van der Waals surface area contributed by atoms with E-state index in [1.54, 1.807) is 4.90 Å². The molecule has 0 unspecified atom stereocenters. The van der Waals surface area contributed by atoms with Gasteiger partial charge < -0.3 is 15.0 Å². The number of amides is 2. The number of ether oxygens (including phenoxy) is 1. The van der Waals surface area contributed by atoms with Crippen LogP contribution in [0.4, 0.5) is 0 Å². The van der Waals surface area contributed by atoms with Crippen LogP contribution >= 0.6 is 0 Å². The number of benzene rings is 3. The summed E-state index contributed by atoms with van der Waals surface area (Å²) in [5.41, 5.74) is 5.26. The normalized spacial score (nSPS) is 10.7. The van der Waals surface area contributed by atoms with E-state index in [1.165, 1.54) is 25.3 Å². The number of unbranched alkanes of at least 4 members (excludes halogenated alkanes) is 1. The van der Waals surface area contributed by atoms with Gasteiger partial charge in [0.1, 0.15) is 6.73 Å². The van der Waals surface area contributed by atoms with Crippen molar-refractivity contribution in [3.05, 3.63) is 107 Å². The largest absolute Gasteiger partial charge is 0.356 e. The molecule has 0 aliphatic heterocycles. The van der Waals surface area contributed by atoms with Crippen molar-refractivity contribution in [3.8, 4) is 0 Å². The third kappa shape index (κ3) is 8.97. The maximum Gasteiger partial charge on any atom is 0.255 e. The Morgan fingerprint density at radius 1 is 0.833 bits per heavy atom. The summed E-state index contributed by atoms with van der Waals surface area (Å²) in [4.78, 5) is 26.6. The summed E-state index contributed by atoms with van der Waals surface area (Å²) < 4.78 is 6.00. The van der Waals surface area contributed by atoms with Gasteiger partial charge in [0.05, 0.1) is 6.61 Å². The van der Waals surface area contributed by atoms with E-state index in [0.29, 0.717) is 38.1 Å². The van der Waals surface area contributed by atoms with Crippen LogP contribution in [0.1, 0.15) is 65.7 Å². The number of carbonyl (C=O) groups is 2. The van der Waals surface area contributed by atoms with Crippen molar-refractivity contribution in [2.45, 2.75) is 52.6 Å². The van der Waals surface area contributed by atoms with Crippen LogP contribution in [0, 0.1) is 0 Å². The van der Waals surface area contributed by atoms with Gasteiger partial charge in [0, 0.05) is 25.6 Å². The fraction of sp³-hybridized carbons (Fsp3) is 0.355. The van der Waals surface area contributed by atoms with E-state index < -0.39 is 0 Å². The Hall–Kier alpha value is -3.44. The maximum atomic E-state index is 13.6. The molecular formula is C31H38N2O3. The molecule has 0 aliphatic carbocycles. The summed E-state index contributed by atoms with van der Waals surface area (Å²) in [6, 6.07) is 26.4. The van der Waals surface area contributed by atoms with Gasteiger partial charge >= 0.3 is 0 Å². The van der Waals surface area contributed by atoms with Crippen molar-refractivity contribution in [1.82, 2.24) is 10.2 Å². The van der Waals surface area contributed by atoms with E-state index in [4.69, 9.17) is 4.74 Å². The van der Waals surface area contributed by atoms with E-state index in [1.807, 2.05) is 42.5 Å². The molecule has 0 spiro atoms. The Kier molecular flexibility index (Phi) is 11.2. The molecule has 3 rings (SSSR count). The SMILES string of the molecule is CCCCc1ccc(COCN(CCCNC(C)=O)C(=O)c2ccccc2Cc2ccccc2)cc1. The van der Waals surface area contributed by atoms with Gasteiger partial charge in [-0.05, 0) is 54.0 Å². The third-order valence-corrected chi connectivity index (χ3v) is 6.11. The third-order valence-electron chi connectivity index (χ3n) is 6.11. The van der Waals surface area contributed by atoms with Crippen molar-refractivity contribution in [2.24, 2.45) is 0 Å². The van der Waals surface area contributed by atoms with E-state index in [0.717, 1.165) is 23.1 Å². The summed E-state index contributed by atoms with van der Waals surface area (Å²) in [5.74, 6) is -0.126. The predicted molar refractivity (Wildman–Crippen MR) is 145 cm³/mol. The molecule has 5 heteroatoms. The number of rotatable bonds is 14. The number of nitrogens with zero attached hydrogens (tertiary/aromatic N) is 1. The second kappa shape index (κ2) is 14.8. The first-order valence-electron chi connectivity index (χ1n) is 12.9. The molecule has 0 aliphatic rings. The van der Waals surface area contributed by atoms with E-state index in [9.17, 15) is 9.59 Å². The Balaban J connectivity index is 1.66. The minimum Gasteiger partial charge on any atom is -0.356 e. The first kappa shape index (κ1) is 27.2. The number of aryl methyl sites for hydroxylation is 1. The summed E-state index contributed by atoms with van der Waals surface area (Å²) in [7, 11) is 0. The van der Waals surface area contributed by atoms with Crippen LogP contribution in [0.3, 0.4) is 0 Å². The minimum absolute atomic E-state index is 0.0562. The molecule has 1 N–H and O–H groups in total. The van der Waals surface area contributed by atoms with Crippen LogP contribution in [0.5, 0.6) is 0 Å². The second-order valence-electron chi connectivity index (χ2n) is 9.12. The molecule has 3 aromatic carbocycles. The molecule has 0 heterocycles. The fourth-order valence-corrected chi connectivity index (χ4v) is 4.09. The lowest BCUT2D eigenvalue weighted by Crippen LogP contribution is -2.36. The molecule has 3 aromatic rings. The zero-order chi connectivity index (χ0) is 25.6. The number of hydrogen-bond donors (Lipinski definition) is 1. The molecule has 0 radical (unpaired) electrons. The van der Waals surface area contributed by atoms with Gasteiger partial charge in [-0.25, -0.2) is 0 Å². The van der Waals surface area contributed by atoms with Crippen LogP contribution in [0.2, 0.25) is 0 Å². The number of carbonyl (C=O) groups excluding carboxylic acids is 2. The minimum atomic E-state index is -0.0697. The van der Waals surface area contributed by atoms with Gasteiger partial charge in [-0.1, -0.05) is 86.1 Å². The number of nitrogens with one attached hydrogen (secondary N) is 1. The van der Waals surface area contributed by atoms with Crippen molar-refractivity contribution >= 4 is 11.8 Å². The zero-order valence-electron chi connectivity index (χ0n) is 21.5. The lowest BCUT2D eigenvalue weighted by Gasteiger charge is -2.24. The monoisotopic (exact) mass is 486 g/mol. The van der Waals surface area contributed by atoms with Gasteiger partial charge in [-0.2, -0.15) is 0 Å². The van der Waals surface area contributed by atoms with Crippen molar-refractivity contribution in [3.63, 3.8) is 0 Å². The van der Waals surface area contributed by atoms with Gasteiger partial charge in [0.25, 0.3) is 5.91 Å². The van der Waals surface area contributed by atoms with Crippen LogP contribution in [0.25, 0.3) is 0 Å². The molecule has 36 heavy (non-hydrogen) atoms. The molecule has 5 nitrogen and oxygen atoms in total. The van der Waals surface area contributed by atoms with Crippen molar-refractivity contribution in [2.75, 3.05) is 19.8 Å². The molecule has 0 fully saturated rings. The molecule has 0 saturated heterocycles.